The largest absolute Gasteiger partial charge is 0.314 e. The average molecular weight is 284 g/mol. The maximum absolute atomic E-state index is 3.70. The van der Waals surface area contributed by atoms with Crippen molar-refractivity contribution in [3.05, 3.63) is 35.4 Å². The molecule has 1 spiro atoms. The molecule has 1 aliphatic heterocycles. The first-order chi connectivity index (χ1) is 10.4. The Morgan fingerprint density at radius 2 is 1.90 bits per heavy atom. The lowest BCUT2D eigenvalue weighted by molar-refractivity contribution is -0.0137. The monoisotopic (exact) mass is 284 g/mol. The van der Waals surface area contributed by atoms with Gasteiger partial charge >= 0.3 is 0 Å². The van der Waals surface area contributed by atoms with Gasteiger partial charge in [-0.3, -0.25) is 4.90 Å². The van der Waals surface area contributed by atoms with E-state index in [0.717, 1.165) is 0 Å². The summed E-state index contributed by atoms with van der Waals surface area (Å²) in [5.74, 6) is 0. The van der Waals surface area contributed by atoms with Crippen molar-refractivity contribution in [2.45, 2.75) is 62.9 Å². The van der Waals surface area contributed by atoms with Gasteiger partial charge in [0, 0.05) is 31.2 Å². The highest BCUT2D eigenvalue weighted by Gasteiger charge is 2.43. The molecule has 4 rings (SSSR count). The van der Waals surface area contributed by atoms with Crippen LogP contribution in [0.4, 0.5) is 0 Å². The van der Waals surface area contributed by atoms with Gasteiger partial charge in [0.15, 0.2) is 0 Å². The van der Waals surface area contributed by atoms with E-state index < -0.39 is 0 Å². The molecule has 0 amide bonds. The highest BCUT2D eigenvalue weighted by molar-refractivity contribution is 5.33. The molecule has 1 aromatic rings. The van der Waals surface area contributed by atoms with E-state index in [9.17, 15) is 0 Å². The molecule has 1 saturated carbocycles. The fraction of sp³-hybridized carbons (Fsp3) is 0.684. The summed E-state index contributed by atoms with van der Waals surface area (Å²) in [5.41, 5.74) is 3.69. The third kappa shape index (κ3) is 2.43. The average Bonchev–Trinajstić information content (AvgIpc) is 2.56. The summed E-state index contributed by atoms with van der Waals surface area (Å²) in [7, 11) is 0. The Kier molecular flexibility index (Phi) is 3.76. The van der Waals surface area contributed by atoms with E-state index in [1.807, 2.05) is 0 Å². The Morgan fingerprint density at radius 3 is 2.81 bits per heavy atom. The molecule has 0 bridgehead atoms. The minimum atomic E-state index is 0.450. The third-order valence-corrected chi connectivity index (χ3v) is 6.09. The van der Waals surface area contributed by atoms with Crippen molar-refractivity contribution >= 4 is 0 Å². The Bertz CT molecular complexity index is 482. The van der Waals surface area contributed by atoms with Crippen LogP contribution in [0.2, 0.25) is 0 Å². The summed E-state index contributed by atoms with van der Waals surface area (Å²) in [6, 6.07) is 9.90. The number of nitrogens with zero attached hydrogens (tertiary/aromatic N) is 1. The van der Waals surface area contributed by atoms with Crippen LogP contribution in [0.25, 0.3) is 0 Å². The van der Waals surface area contributed by atoms with Crippen molar-refractivity contribution in [3.8, 4) is 0 Å². The number of piperazine rings is 1. The molecule has 1 atom stereocenters. The van der Waals surface area contributed by atoms with Crippen molar-refractivity contribution in [1.82, 2.24) is 10.2 Å². The van der Waals surface area contributed by atoms with E-state index in [-0.39, 0.29) is 0 Å². The highest BCUT2D eigenvalue weighted by atomic mass is 15.3. The predicted octanol–water partition coefficient (Wildman–Crippen LogP) is 3.67. The van der Waals surface area contributed by atoms with Crippen molar-refractivity contribution in [3.63, 3.8) is 0 Å². The second kappa shape index (κ2) is 5.73. The zero-order valence-corrected chi connectivity index (χ0v) is 13.1. The maximum atomic E-state index is 3.70. The van der Waals surface area contributed by atoms with Gasteiger partial charge in [0.05, 0.1) is 0 Å². The number of fused-ring (bicyclic) bond motifs is 1. The van der Waals surface area contributed by atoms with Gasteiger partial charge in [0.25, 0.3) is 0 Å². The fourth-order valence-electron chi connectivity index (χ4n) is 5.07. The van der Waals surface area contributed by atoms with E-state index in [0.29, 0.717) is 11.6 Å². The molecule has 1 unspecified atom stereocenters. The molecule has 2 aliphatic carbocycles. The van der Waals surface area contributed by atoms with Gasteiger partial charge in [-0.1, -0.05) is 43.5 Å². The van der Waals surface area contributed by atoms with Gasteiger partial charge in [0.1, 0.15) is 0 Å². The summed E-state index contributed by atoms with van der Waals surface area (Å²) in [6.45, 7) is 3.62. The lowest BCUT2D eigenvalue weighted by Gasteiger charge is -2.54. The number of aryl methyl sites for hydroxylation is 1. The Labute approximate surface area is 128 Å². The van der Waals surface area contributed by atoms with E-state index in [1.165, 1.54) is 71.0 Å². The maximum Gasteiger partial charge on any atom is 0.0357 e. The van der Waals surface area contributed by atoms with Gasteiger partial charge in [0.2, 0.25) is 0 Å². The number of benzene rings is 1. The molecule has 1 N–H and O–H groups in total. The van der Waals surface area contributed by atoms with Crippen LogP contribution in [0.5, 0.6) is 0 Å². The third-order valence-electron chi connectivity index (χ3n) is 6.09. The van der Waals surface area contributed by atoms with Crippen LogP contribution in [0.3, 0.4) is 0 Å². The predicted molar refractivity (Wildman–Crippen MR) is 87.5 cm³/mol. The minimum Gasteiger partial charge on any atom is -0.314 e. The van der Waals surface area contributed by atoms with Gasteiger partial charge in [-0.15, -0.1) is 0 Å². The molecular formula is C19H28N2. The van der Waals surface area contributed by atoms with Crippen LogP contribution in [-0.4, -0.2) is 30.1 Å². The lowest BCUT2D eigenvalue weighted by Crippen LogP contribution is -2.62. The van der Waals surface area contributed by atoms with E-state index in [1.54, 1.807) is 11.1 Å². The molecule has 0 aromatic heterocycles. The molecule has 1 aromatic carbocycles. The molecule has 21 heavy (non-hydrogen) atoms. The van der Waals surface area contributed by atoms with Crippen molar-refractivity contribution in [2.75, 3.05) is 19.6 Å². The molecule has 2 nitrogen and oxygen atoms in total. The number of hydrogen-bond donors (Lipinski definition) is 1. The van der Waals surface area contributed by atoms with Crippen molar-refractivity contribution < 1.29 is 0 Å². The highest BCUT2D eigenvalue weighted by Crippen LogP contribution is 2.43. The molecule has 1 heterocycles. The summed E-state index contributed by atoms with van der Waals surface area (Å²) in [4.78, 5) is 2.92. The Balaban J connectivity index is 1.68. The summed E-state index contributed by atoms with van der Waals surface area (Å²) in [6.07, 6.45) is 11.1. The standard InChI is InChI=1S/C19H28N2/c1-4-11-19(12-5-1)15-20-13-14-21(19)18-10-6-8-16-7-2-3-9-17(16)18/h2-3,7,9,18,20H,1,4-6,8,10-15H2. The molecule has 1 saturated heterocycles. The summed E-state index contributed by atoms with van der Waals surface area (Å²) >= 11 is 0. The van der Waals surface area contributed by atoms with Gasteiger partial charge < -0.3 is 5.32 Å². The number of nitrogens with one attached hydrogen (secondary N) is 1. The number of hydrogen-bond acceptors (Lipinski definition) is 2. The molecular weight excluding hydrogens is 256 g/mol. The second-order valence-corrected chi connectivity index (χ2v) is 7.26. The Hall–Kier alpha value is -0.860. The van der Waals surface area contributed by atoms with Gasteiger partial charge in [-0.2, -0.15) is 0 Å². The normalized spacial score (nSPS) is 29.2. The summed E-state index contributed by atoms with van der Waals surface area (Å²) in [5, 5.41) is 3.70. The van der Waals surface area contributed by atoms with Gasteiger partial charge in [-0.05, 0) is 43.2 Å². The van der Waals surface area contributed by atoms with Crippen LogP contribution in [0, 0.1) is 0 Å². The molecule has 3 aliphatic rings. The van der Waals surface area contributed by atoms with Crippen LogP contribution >= 0.6 is 0 Å². The van der Waals surface area contributed by atoms with E-state index >= 15 is 0 Å². The van der Waals surface area contributed by atoms with Crippen LogP contribution in [-0.2, 0) is 6.42 Å². The van der Waals surface area contributed by atoms with Crippen molar-refractivity contribution in [1.29, 1.82) is 0 Å². The number of rotatable bonds is 1. The lowest BCUT2D eigenvalue weighted by atomic mass is 9.76. The van der Waals surface area contributed by atoms with E-state index in [4.69, 9.17) is 0 Å². The fourth-order valence-corrected chi connectivity index (χ4v) is 5.07. The van der Waals surface area contributed by atoms with Crippen molar-refractivity contribution in [2.24, 2.45) is 0 Å². The first kappa shape index (κ1) is 13.8. The molecule has 114 valence electrons. The van der Waals surface area contributed by atoms with E-state index in [2.05, 4.69) is 34.5 Å². The zero-order chi connectivity index (χ0) is 14.1. The SMILES string of the molecule is c1ccc2c(c1)CCCC2N1CCNCC12CCCCC2. The zero-order valence-electron chi connectivity index (χ0n) is 13.1. The molecule has 0 radical (unpaired) electrons. The van der Waals surface area contributed by atoms with Crippen LogP contribution in [0.1, 0.15) is 62.1 Å². The van der Waals surface area contributed by atoms with Crippen LogP contribution < -0.4 is 5.32 Å². The van der Waals surface area contributed by atoms with Gasteiger partial charge in [-0.25, -0.2) is 0 Å². The minimum absolute atomic E-state index is 0.450. The first-order valence-electron chi connectivity index (χ1n) is 8.94. The topological polar surface area (TPSA) is 15.3 Å². The molecule has 2 fully saturated rings. The quantitative estimate of drug-likeness (QED) is 0.846. The Morgan fingerprint density at radius 1 is 1.05 bits per heavy atom. The summed E-state index contributed by atoms with van der Waals surface area (Å²) < 4.78 is 0. The van der Waals surface area contributed by atoms with Crippen LogP contribution in [0.15, 0.2) is 24.3 Å². The molecule has 2 heteroatoms. The smallest absolute Gasteiger partial charge is 0.0357 e. The second-order valence-electron chi connectivity index (χ2n) is 7.26. The first-order valence-corrected chi connectivity index (χ1v) is 8.94.